The molecule has 1 fully saturated rings. The summed E-state index contributed by atoms with van der Waals surface area (Å²) in [5.74, 6) is 0.750. The number of ether oxygens (including phenoxy) is 1. The maximum Gasteiger partial charge on any atom is 0.270 e. The number of nitro benzene ring substituents is 1. The van der Waals surface area contributed by atoms with Gasteiger partial charge in [-0.05, 0) is 30.9 Å². The lowest BCUT2D eigenvalue weighted by molar-refractivity contribution is -0.385. The molecule has 2 aromatic carbocycles. The lowest BCUT2D eigenvalue weighted by Crippen LogP contribution is -2.44. The van der Waals surface area contributed by atoms with Crippen molar-refractivity contribution in [2.24, 2.45) is 0 Å². The zero-order valence-electron chi connectivity index (χ0n) is 16.7. The average molecular weight is 397 g/mol. The minimum absolute atomic E-state index is 0.0707. The predicted octanol–water partition coefficient (Wildman–Crippen LogP) is 3.32. The van der Waals surface area contributed by atoms with Crippen LogP contribution in [0.1, 0.15) is 30.4 Å². The van der Waals surface area contributed by atoms with Gasteiger partial charge in [0.05, 0.1) is 12.0 Å². The van der Waals surface area contributed by atoms with E-state index in [2.05, 4.69) is 10.2 Å². The van der Waals surface area contributed by atoms with E-state index in [1.165, 1.54) is 11.6 Å². The molecule has 7 heteroatoms. The maximum atomic E-state index is 12.2. The van der Waals surface area contributed by atoms with Crippen LogP contribution in [0.25, 0.3) is 0 Å². The molecule has 0 atom stereocenters. The third kappa shape index (κ3) is 6.02. The molecule has 7 nitrogen and oxygen atoms in total. The molecule has 0 aliphatic carbocycles. The SMILES string of the molecule is COc1ccc([N+](=O)[O-])cc1CN1CCC(NC(=O)CCc2ccccc2)CC1. The molecule has 0 spiro atoms. The van der Waals surface area contributed by atoms with Gasteiger partial charge in [-0.25, -0.2) is 0 Å². The molecular formula is C22H27N3O4. The van der Waals surface area contributed by atoms with Crippen molar-refractivity contribution < 1.29 is 14.5 Å². The second kappa shape index (κ2) is 10.0. The van der Waals surface area contributed by atoms with Gasteiger partial charge in [-0.2, -0.15) is 0 Å². The number of hydrogen-bond acceptors (Lipinski definition) is 5. The van der Waals surface area contributed by atoms with E-state index < -0.39 is 0 Å². The predicted molar refractivity (Wildman–Crippen MR) is 111 cm³/mol. The van der Waals surface area contributed by atoms with Crippen LogP contribution in [0.4, 0.5) is 5.69 Å². The van der Waals surface area contributed by atoms with Crippen LogP contribution in [0, 0.1) is 10.1 Å². The second-order valence-corrected chi connectivity index (χ2v) is 7.36. The van der Waals surface area contributed by atoms with E-state index in [1.807, 2.05) is 30.3 Å². The second-order valence-electron chi connectivity index (χ2n) is 7.36. The van der Waals surface area contributed by atoms with Gasteiger partial charge in [0.25, 0.3) is 5.69 Å². The molecular weight excluding hydrogens is 370 g/mol. The highest BCUT2D eigenvalue weighted by Crippen LogP contribution is 2.26. The van der Waals surface area contributed by atoms with Crippen LogP contribution in [0.3, 0.4) is 0 Å². The summed E-state index contributed by atoms with van der Waals surface area (Å²) in [5, 5.41) is 14.2. The van der Waals surface area contributed by atoms with Crippen LogP contribution in [-0.4, -0.2) is 42.0 Å². The third-order valence-corrected chi connectivity index (χ3v) is 5.31. The summed E-state index contributed by atoms with van der Waals surface area (Å²) in [6, 6.07) is 14.9. The molecule has 0 saturated carbocycles. The first-order chi connectivity index (χ1) is 14.0. The van der Waals surface area contributed by atoms with Crippen molar-refractivity contribution in [2.45, 2.75) is 38.3 Å². The average Bonchev–Trinajstić information content (AvgIpc) is 2.74. The van der Waals surface area contributed by atoms with Gasteiger partial charge in [-0.3, -0.25) is 19.8 Å². The summed E-state index contributed by atoms with van der Waals surface area (Å²) in [7, 11) is 1.57. The van der Waals surface area contributed by atoms with Crippen molar-refractivity contribution in [3.05, 3.63) is 69.8 Å². The molecule has 1 aliphatic rings. The van der Waals surface area contributed by atoms with Crippen molar-refractivity contribution in [3.63, 3.8) is 0 Å². The molecule has 1 saturated heterocycles. The first-order valence-corrected chi connectivity index (χ1v) is 9.92. The largest absolute Gasteiger partial charge is 0.496 e. The maximum absolute atomic E-state index is 12.2. The standard InChI is InChI=1S/C22H27N3O4/c1-29-21-9-8-20(25(27)28)15-18(21)16-24-13-11-19(12-14-24)23-22(26)10-7-17-5-3-2-4-6-17/h2-6,8-9,15,19H,7,10-14,16H2,1H3,(H,23,26). The highest BCUT2D eigenvalue weighted by molar-refractivity contribution is 5.76. The number of aryl methyl sites for hydroxylation is 1. The molecule has 1 amide bonds. The highest BCUT2D eigenvalue weighted by Gasteiger charge is 2.22. The fourth-order valence-electron chi connectivity index (χ4n) is 3.68. The van der Waals surface area contributed by atoms with Gasteiger partial charge in [-0.1, -0.05) is 30.3 Å². The molecule has 29 heavy (non-hydrogen) atoms. The van der Waals surface area contributed by atoms with Crippen LogP contribution >= 0.6 is 0 Å². The van der Waals surface area contributed by atoms with E-state index >= 15 is 0 Å². The van der Waals surface area contributed by atoms with Crippen LogP contribution < -0.4 is 10.1 Å². The summed E-state index contributed by atoms with van der Waals surface area (Å²) in [6.07, 6.45) is 2.98. The van der Waals surface area contributed by atoms with E-state index in [9.17, 15) is 14.9 Å². The molecule has 0 bridgehead atoms. The molecule has 154 valence electrons. The van der Waals surface area contributed by atoms with Gasteiger partial charge in [0.15, 0.2) is 0 Å². The van der Waals surface area contributed by atoms with E-state index in [0.717, 1.165) is 37.9 Å². The normalized spacial score (nSPS) is 15.1. The highest BCUT2D eigenvalue weighted by atomic mass is 16.6. The number of amides is 1. The van der Waals surface area contributed by atoms with Gasteiger partial charge in [0, 0.05) is 49.8 Å². The summed E-state index contributed by atoms with van der Waals surface area (Å²) >= 11 is 0. The van der Waals surface area contributed by atoms with Crippen LogP contribution in [0.5, 0.6) is 5.75 Å². The lowest BCUT2D eigenvalue weighted by atomic mass is 10.0. The van der Waals surface area contributed by atoms with Crippen LogP contribution in [0.15, 0.2) is 48.5 Å². The number of non-ortho nitro benzene ring substituents is 1. The number of nitrogens with zero attached hydrogens (tertiary/aromatic N) is 2. The quantitative estimate of drug-likeness (QED) is 0.546. The number of nitrogens with one attached hydrogen (secondary N) is 1. The monoisotopic (exact) mass is 397 g/mol. The van der Waals surface area contributed by atoms with Crippen LogP contribution in [-0.2, 0) is 17.8 Å². The molecule has 0 aromatic heterocycles. The van der Waals surface area contributed by atoms with Gasteiger partial charge in [0.1, 0.15) is 5.75 Å². The van der Waals surface area contributed by atoms with Crippen molar-refractivity contribution in [3.8, 4) is 5.75 Å². The number of nitro groups is 1. The summed E-state index contributed by atoms with van der Waals surface area (Å²) in [6.45, 7) is 2.25. The number of hydrogen-bond donors (Lipinski definition) is 1. The van der Waals surface area contributed by atoms with E-state index in [4.69, 9.17) is 4.74 Å². The van der Waals surface area contributed by atoms with Gasteiger partial charge in [-0.15, -0.1) is 0 Å². The summed E-state index contributed by atoms with van der Waals surface area (Å²) in [5.41, 5.74) is 2.05. The lowest BCUT2D eigenvalue weighted by Gasteiger charge is -2.32. The Morgan fingerprint density at radius 3 is 2.59 bits per heavy atom. The number of rotatable bonds is 8. The van der Waals surface area contributed by atoms with Crippen molar-refractivity contribution in [2.75, 3.05) is 20.2 Å². The summed E-state index contributed by atoms with van der Waals surface area (Å²) < 4.78 is 5.35. The third-order valence-electron chi connectivity index (χ3n) is 5.31. The molecule has 0 radical (unpaired) electrons. The molecule has 1 heterocycles. The number of piperidine rings is 1. The Balaban J connectivity index is 1.46. The first kappa shape index (κ1) is 20.8. The van der Waals surface area contributed by atoms with Crippen LogP contribution in [0.2, 0.25) is 0 Å². The van der Waals surface area contributed by atoms with Gasteiger partial charge >= 0.3 is 0 Å². The van der Waals surface area contributed by atoms with E-state index in [0.29, 0.717) is 18.7 Å². The summed E-state index contributed by atoms with van der Waals surface area (Å²) in [4.78, 5) is 25.1. The van der Waals surface area contributed by atoms with E-state index in [1.54, 1.807) is 19.2 Å². The molecule has 1 aliphatic heterocycles. The minimum Gasteiger partial charge on any atom is -0.496 e. The Labute approximate surface area is 170 Å². The minimum atomic E-state index is -0.389. The first-order valence-electron chi connectivity index (χ1n) is 9.92. The molecule has 3 rings (SSSR count). The Morgan fingerprint density at radius 2 is 1.93 bits per heavy atom. The molecule has 0 unspecified atom stereocenters. The number of likely N-dealkylation sites (tertiary alicyclic amines) is 1. The Bertz CT molecular complexity index is 833. The fourth-order valence-corrected chi connectivity index (χ4v) is 3.68. The Morgan fingerprint density at radius 1 is 1.21 bits per heavy atom. The number of carbonyl (C=O) groups excluding carboxylic acids is 1. The smallest absolute Gasteiger partial charge is 0.270 e. The van der Waals surface area contributed by atoms with E-state index in [-0.39, 0.29) is 22.6 Å². The Kier molecular flexibility index (Phi) is 7.19. The topological polar surface area (TPSA) is 84.7 Å². The number of methoxy groups -OCH3 is 1. The Hall–Kier alpha value is -2.93. The van der Waals surface area contributed by atoms with Crippen molar-refractivity contribution in [1.82, 2.24) is 10.2 Å². The number of benzene rings is 2. The molecule has 2 aromatic rings. The van der Waals surface area contributed by atoms with Crippen molar-refractivity contribution in [1.29, 1.82) is 0 Å². The fraction of sp³-hybridized carbons (Fsp3) is 0.409. The van der Waals surface area contributed by atoms with Gasteiger partial charge < -0.3 is 10.1 Å². The van der Waals surface area contributed by atoms with Crippen molar-refractivity contribution >= 4 is 11.6 Å². The zero-order valence-corrected chi connectivity index (χ0v) is 16.7. The molecule has 1 N–H and O–H groups in total. The zero-order chi connectivity index (χ0) is 20.6. The number of carbonyl (C=O) groups is 1. The van der Waals surface area contributed by atoms with Gasteiger partial charge in [0.2, 0.25) is 5.91 Å².